The van der Waals surface area contributed by atoms with Crippen LogP contribution in [0.1, 0.15) is 71.1 Å². The van der Waals surface area contributed by atoms with Crippen molar-refractivity contribution in [3.8, 4) is 0 Å². The van der Waals surface area contributed by atoms with Crippen LogP contribution in [0.25, 0.3) is 0 Å². The summed E-state index contributed by atoms with van der Waals surface area (Å²) in [4.78, 5) is 14.5. The summed E-state index contributed by atoms with van der Waals surface area (Å²) in [7, 11) is 0. The highest BCUT2D eigenvalue weighted by atomic mass is 32.1. The van der Waals surface area contributed by atoms with Crippen LogP contribution in [0.5, 0.6) is 0 Å². The van der Waals surface area contributed by atoms with Crippen LogP contribution >= 0.6 is 12.2 Å². The molecule has 1 aliphatic carbocycles. The van der Waals surface area contributed by atoms with Crippen LogP contribution in [0.3, 0.4) is 0 Å². The first-order chi connectivity index (χ1) is 14.2. The molecule has 0 unspecified atom stereocenters. The first-order valence-electron chi connectivity index (χ1n) is 11.6. The molecule has 1 aromatic rings. The number of hydrogen-bond donors (Lipinski definition) is 2. The summed E-state index contributed by atoms with van der Waals surface area (Å²) in [6.07, 6.45) is 12.6. The van der Waals surface area contributed by atoms with Gasteiger partial charge >= 0.3 is 0 Å². The minimum absolute atomic E-state index is 0.474. The Kier molecular flexibility index (Phi) is 7.06. The summed E-state index contributed by atoms with van der Waals surface area (Å²) in [5.41, 5.74) is 0. The summed E-state index contributed by atoms with van der Waals surface area (Å²) in [5.74, 6) is 3.51. The Labute approximate surface area is 180 Å². The van der Waals surface area contributed by atoms with E-state index in [-0.39, 0.29) is 0 Å². The standard InChI is InChI=1S/C22H36N6S/c1-17-10-14-28(15-11-17)20-16-19(27-12-6-7-13-27)24-21(25-20)26-22(29)23-18-8-4-2-3-5-9-18/h16-18H,2-15H2,1H3,(H2,23,24,25,26,29). The summed E-state index contributed by atoms with van der Waals surface area (Å²) >= 11 is 5.62. The molecule has 1 saturated carbocycles. The van der Waals surface area contributed by atoms with Gasteiger partial charge in [0.05, 0.1) is 0 Å². The van der Waals surface area contributed by atoms with Crippen molar-refractivity contribution in [3.63, 3.8) is 0 Å². The van der Waals surface area contributed by atoms with Gasteiger partial charge in [0.2, 0.25) is 5.95 Å². The molecule has 0 bridgehead atoms. The van der Waals surface area contributed by atoms with Gasteiger partial charge in [-0.05, 0) is 56.7 Å². The van der Waals surface area contributed by atoms with Crippen molar-refractivity contribution in [2.24, 2.45) is 5.92 Å². The number of thiocarbonyl (C=S) groups is 1. The molecule has 7 heteroatoms. The van der Waals surface area contributed by atoms with Gasteiger partial charge in [0.1, 0.15) is 11.6 Å². The van der Waals surface area contributed by atoms with Crippen molar-refractivity contribution in [2.45, 2.75) is 77.2 Å². The van der Waals surface area contributed by atoms with Gasteiger partial charge in [0.25, 0.3) is 0 Å². The Morgan fingerprint density at radius 1 is 0.862 bits per heavy atom. The number of piperidine rings is 1. The predicted molar refractivity (Wildman–Crippen MR) is 125 cm³/mol. The van der Waals surface area contributed by atoms with Crippen molar-refractivity contribution < 1.29 is 0 Å². The van der Waals surface area contributed by atoms with Gasteiger partial charge in [-0.1, -0.05) is 32.6 Å². The Bertz CT molecular complexity index is 674. The van der Waals surface area contributed by atoms with E-state index in [9.17, 15) is 0 Å². The summed E-state index contributed by atoms with van der Waals surface area (Å²) < 4.78 is 0. The maximum Gasteiger partial charge on any atom is 0.232 e. The fraction of sp³-hybridized carbons (Fsp3) is 0.773. The number of nitrogens with zero attached hydrogens (tertiary/aromatic N) is 4. The van der Waals surface area contributed by atoms with E-state index in [1.165, 1.54) is 64.2 Å². The lowest BCUT2D eigenvalue weighted by atomic mass is 9.99. The van der Waals surface area contributed by atoms with Crippen LogP contribution < -0.4 is 20.4 Å². The number of nitrogens with one attached hydrogen (secondary N) is 2. The first kappa shape index (κ1) is 20.6. The first-order valence-corrected chi connectivity index (χ1v) is 12.0. The number of hydrogen-bond acceptors (Lipinski definition) is 5. The van der Waals surface area contributed by atoms with E-state index in [1.807, 2.05) is 0 Å². The fourth-order valence-corrected chi connectivity index (χ4v) is 4.99. The monoisotopic (exact) mass is 416 g/mol. The second kappa shape index (κ2) is 9.92. The van der Waals surface area contributed by atoms with Crippen molar-refractivity contribution in [2.75, 3.05) is 41.3 Å². The molecular formula is C22H36N6S. The van der Waals surface area contributed by atoms with Gasteiger partial charge in [0, 0.05) is 38.3 Å². The quantitative estimate of drug-likeness (QED) is 0.560. The molecule has 0 aromatic carbocycles. The van der Waals surface area contributed by atoms with E-state index in [4.69, 9.17) is 22.2 Å². The molecule has 2 N–H and O–H groups in total. The smallest absolute Gasteiger partial charge is 0.232 e. The lowest BCUT2D eigenvalue weighted by Crippen LogP contribution is -2.38. The molecule has 160 valence electrons. The van der Waals surface area contributed by atoms with Crippen LogP contribution in [0.4, 0.5) is 17.6 Å². The normalized spacial score (nSPS) is 21.8. The molecule has 4 rings (SSSR count). The molecule has 3 heterocycles. The molecule has 0 radical (unpaired) electrons. The van der Waals surface area contributed by atoms with Gasteiger partial charge in [-0.25, -0.2) is 0 Å². The van der Waals surface area contributed by atoms with Crippen LogP contribution in [0, 0.1) is 5.92 Å². The SMILES string of the molecule is CC1CCN(c2cc(N3CCCC3)nc(NC(=S)NC3CCCCCC3)n2)CC1. The summed E-state index contributed by atoms with van der Waals surface area (Å²) in [6.45, 7) is 6.65. The minimum atomic E-state index is 0.474. The van der Waals surface area contributed by atoms with Crippen LogP contribution in [-0.2, 0) is 0 Å². The molecule has 0 spiro atoms. The minimum Gasteiger partial charge on any atom is -0.360 e. The van der Waals surface area contributed by atoms with E-state index in [2.05, 4.69) is 33.4 Å². The Hall–Kier alpha value is -1.63. The number of aromatic nitrogens is 2. The summed E-state index contributed by atoms with van der Waals surface area (Å²) in [5, 5.41) is 7.48. The molecule has 0 amide bonds. The third-order valence-electron chi connectivity index (χ3n) is 6.65. The van der Waals surface area contributed by atoms with Crippen molar-refractivity contribution in [1.29, 1.82) is 0 Å². The van der Waals surface area contributed by atoms with E-state index >= 15 is 0 Å². The molecule has 0 atom stereocenters. The average Bonchev–Trinajstić information content (AvgIpc) is 3.14. The second-order valence-corrected chi connectivity index (χ2v) is 9.47. The van der Waals surface area contributed by atoms with Crippen LogP contribution in [-0.4, -0.2) is 47.3 Å². The Balaban J connectivity index is 1.47. The van der Waals surface area contributed by atoms with Crippen LogP contribution in [0.15, 0.2) is 6.07 Å². The van der Waals surface area contributed by atoms with Crippen molar-refractivity contribution in [3.05, 3.63) is 6.07 Å². The lowest BCUT2D eigenvalue weighted by Gasteiger charge is -2.32. The molecular weight excluding hydrogens is 380 g/mol. The third-order valence-corrected chi connectivity index (χ3v) is 6.87. The van der Waals surface area contributed by atoms with E-state index in [0.29, 0.717) is 17.1 Å². The van der Waals surface area contributed by atoms with Crippen molar-refractivity contribution in [1.82, 2.24) is 15.3 Å². The van der Waals surface area contributed by atoms with Gasteiger partial charge < -0.3 is 20.4 Å². The lowest BCUT2D eigenvalue weighted by molar-refractivity contribution is 0.436. The summed E-state index contributed by atoms with van der Waals surface area (Å²) in [6, 6.07) is 2.65. The average molecular weight is 417 g/mol. The van der Waals surface area contributed by atoms with Crippen LogP contribution in [0.2, 0.25) is 0 Å². The van der Waals surface area contributed by atoms with E-state index in [0.717, 1.165) is 43.7 Å². The topological polar surface area (TPSA) is 56.3 Å². The van der Waals surface area contributed by atoms with Gasteiger partial charge in [-0.2, -0.15) is 9.97 Å². The third kappa shape index (κ3) is 5.71. The molecule has 2 saturated heterocycles. The van der Waals surface area contributed by atoms with E-state index in [1.54, 1.807) is 0 Å². The highest BCUT2D eigenvalue weighted by molar-refractivity contribution is 7.80. The second-order valence-electron chi connectivity index (χ2n) is 9.06. The predicted octanol–water partition coefficient (Wildman–Crippen LogP) is 4.32. The Morgan fingerprint density at radius 3 is 2.07 bits per heavy atom. The molecule has 6 nitrogen and oxygen atoms in total. The molecule has 2 aliphatic heterocycles. The fourth-order valence-electron chi connectivity index (χ4n) is 4.73. The van der Waals surface area contributed by atoms with Crippen molar-refractivity contribution >= 4 is 34.9 Å². The molecule has 3 fully saturated rings. The zero-order valence-corrected chi connectivity index (χ0v) is 18.6. The molecule has 1 aromatic heterocycles. The Morgan fingerprint density at radius 2 is 1.45 bits per heavy atom. The molecule has 29 heavy (non-hydrogen) atoms. The maximum absolute atomic E-state index is 5.62. The van der Waals surface area contributed by atoms with Gasteiger partial charge in [-0.3, -0.25) is 0 Å². The zero-order valence-electron chi connectivity index (χ0n) is 17.8. The highest BCUT2D eigenvalue weighted by Gasteiger charge is 2.22. The van der Waals surface area contributed by atoms with E-state index < -0.39 is 0 Å². The van der Waals surface area contributed by atoms with Gasteiger partial charge in [0.15, 0.2) is 5.11 Å². The highest BCUT2D eigenvalue weighted by Crippen LogP contribution is 2.27. The largest absolute Gasteiger partial charge is 0.360 e. The zero-order chi connectivity index (χ0) is 20.1. The number of rotatable bonds is 4. The maximum atomic E-state index is 5.62. The molecule has 3 aliphatic rings. The number of anilines is 3. The van der Waals surface area contributed by atoms with Gasteiger partial charge in [-0.15, -0.1) is 0 Å².